The fourth-order valence-electron chi connectivity index (χ4n) is 1.74. The monoisotopic (exact) mass is 241 g/mol. The first-order valence-electron chi connectivity index (χ1n) is 6.23. The molecule has 0 radical (unpaired) electrons. The average Bonchev–Trinajstić information content (AvgIpc) is 2.40. The fourth-order valence-corrected chi connectivity index (χ4v) is 1.74. The average molecular weight is 241 g/mol. The van der Waals surface area contributed by atoms with Crippen molar-refractivity contribution in [3.05, 3.63) is 54.1 Å². The summed E-state index contributed by atoms with van der Waals surface area (Å²) >= 11 is 0. The maximum atomic E-state index is 5.79. The maximum absolute atomic E-state index is 5.79. The molecule has 0 saturated heterocycles. The summed E-state index contributed by atoms with van der Waals surface area (Å²) < 4.78 is 5.79. The largest absolute Gasteiger partial charge is 0.457 e. The number of hydrogen-bond donors (Lipinski definition) is 0. The van der Waals surface area contributed by atoms with Crippen molar-refractivity contribution in [2.24, 2.45) is 0 Å². The molecular formula is C16H19NO. The summed E-state index contributed by atoms with van der Waals surface area (Å²) in [5.41, 5.74) is 2.49. The molecule has 2 heteroatoms. The van der Waals surface area contributed by atoms with E-state index in [1.54, 1.807) is 0 Å². The summed E-state index contributed by atoms with van der Waals surface area (Å²) in [4.78, 5) is 2.07. The molecule has 0 atom stereocenters. The Morgan fingerprint density at radius 1 is 0.833 bits per heavy atom. The van der Waals surface area contributed by atoms with Gasteiger partial charge in [0.05, 0.1) is 0 Å². The Morgan fingerprint density at radius 2 is 1.33 bits per heavy atom. The zero-order valence-electron chi connectivity index (χ0n) is 11.2. The lowest BCUT2D eigenvalue weighted by molar-refractivity contribution is 0.482. The lowest BCUT2D eigenvalue weighted by atomic mass is 10.2. The Kier molecular flexibility index (Phi) is 3.88. The van der Waals surface area contributed by atoms with Crippen LogP contribution in [0.5, 0.6) is 11.5 Å². The van der Waals surface area contributed by atoms with E-state index in [-0.39, 0.29) is 0 Å². The van der Waals surface area contributed by atoms with E-state index in [0.717, 1.165) is 17.9 Å². The molecule has 18 heavy (non-hydrogen) atoms. The second kappa shape index (κ2) is 5.58. The van der Waals surface area contributed by atoms with E-state index in [1.165, 1.54) is 11.3 Å². The van der Waals surface area contributed by atoms with Gasteiger partial charge in [-0.2, -0.15) is 0 Å². The number of ether oxygens (including phenoxy) is 1. The predicted octanol–water partition coefficient (Wildman–Crippen LogP) is 4.11. The Bertz CT molecular complexity index is 486. The van der Waals surface area contributed by atoms with E-state index in [0.29, 0.717) is 0 Å². The van der Waals surface area contributed by atoms with Crippen molar-refractivity contribution < 1.29 is 4.74 Å². The highest BCUT2D eigenvalue weighted by Gasteiger charge is 1.99. The van der Waals surface area contributed by atoms with Crippen LogP contribution in [0.4, 0.5) is 5.69 Å². The molecule has 0 N–H and O–H groups in total. The molecule has 0 aliphatic rings. The number of benzene rings is 2. The van der Waals surface area contributed by atoms with Crippen molar-refractivity contribution in [3.8, 4) is 11.5 Å². The first-order chi connectivity index (χ1) is 8.69. The molecule has 0 amide bonds. The first-order valence-corrected chi connectivity index (χ1v) is 6.23. The van der Waals surface area contributed by atoms with Crippen LogP contribution in [-0.2, 0) is 6.42 Å². The Labute approximate surface area is 109 Å². The summed E-state index contributed by atoms with van der Waals surface area (Å²) in [7, 11) is 4.05. The molecule has 0 spiro atoms. The van der Waals surface area contributed by atoms with Gasteiger partial charge in [-0.1, -0.05) is 19.1 Å². The summed E-state index contributed by atoms with van der Waals surface area (Å²) in [6.07, 6.45) is 1.05. The molecule has 2 rings (SSSR count). The topological polar surface area (TPSA) is 12.5 Å². The minimum absolute atomic E-state index is 0.866. The van der Waals surface area contributed by atoms with Gasteiger partial charge in [0.2, 0.25) is 0 Å². The molecule has 0 aromatic heterocycles. The maximum Gasteiger partial charge on any atom is 0.127 e. The number of anilines is 1. The molecule has 0 fully saturated rings. The lowest BCUT2D eigenvalue weighted by Crippen LogP contribution is -2.07. The van der Waals surface area contributed by atoms with Gasteiger partial charge in [-0.25, -0.2) is 0 Å². The van der Waals surface area contributed by atoms with Crippen LogP contribution in [0, 0.1) is 0 Å². The minimum atomic E-state index is 0.866. The molecular weight excluding hydrogens is 222 g/mol. The number of nitrogens with zero attached hydrogens (tertiary/aromatic N) is 1. The van der Waals surface area contributed by atoms with Crippen LogP contribution in [0.25, 0.3) is 0 Å². The molecule has 94 valence electrons. The Balaban J connectivity index is 2.08. The van der Waals surface area contributed by atoms with Gasteiger partial charge in [0.1, 0.15) is 11.5 Å². The highest BCUT2D eigenvalue weighted by molar-refractivity contribution is 5.48. The summed E-state index contributed by atoms with van der Waals surface area (Å²) in [6, 6.07) is 16.3. The van der Waals surface area contributed by atoms with Crippen molar-refractivity contribution in [1.82, 2.24) is 0 Å². The highest BCUT2D eigenvalue weighted by atomic mass is 16.5. The molecule has 0 unspecified atom stereocenters. The van der Waals surface area contributed by atoms with Crippen LogP contribution >= 0.6 is 0 Å². The van der Waals surface area contributed by atoms with Crippen molar-refractivity contribution in [3.63, 3.8) is 0 Å². The normalized spacial score (nSPS) is 10.2. The summed E-state index contributed by atoms with van der Waals surface area (Å²) in [5.74, 6) is 1.75. The molecule has 0 aliphatic heterocycles. The van der Waals surface area contributed by atoms with Crippen LogP contribution in [0.3, 0.4) is 0 Å². The summed E-state index contributed by atoms with van der Waals surface area (Å²) in [6.45, 7) is 2.15. The van der Waals surface area contributed by atoms with Gasteiger partial charge in [0.25, 0.3) is 0 Å². The van der Waals surface area contributed by atoms with Crippen molar-refractivity contribution in [1.29, 1.82) is 0 Å². The second-order valence-electron chi connectivity index (χ2n) is 4.49. The smallest absolute Gasteiger partial charge is 0.127 e. The molecule has 2 aromatic rings. The van der Waals surface area contributed by atoms with Gasteiger partial charge in [0.15, 0.2) is 0 Å². The zero-order chi connectivity index (χ0) is 13.0. The number of rotatable bonds is 4. The van der Waals surface area contributed by atoms with E-state index < -0.39 is 0 Å². The van der Waals surface area contributed by atoms with Gasteiger partial charge in [-0.15, -0.1) is 0 Å². The SMILES string of the molecule is CCc1ccc(Oc2ccc(N(C)C)cc2)cc1. The lowest BCUT2D eigenvalue weighted by Gasteiger charge is -2.13. The van der Waals surface area contributed by atoms with E-state index in [9.17, 15) is 0 Å². The number of aryl methyl sites for hydroxylation is 1. The molecule has 0 saturated carbocycles. The van der Waals surface area contributed by atoms with Gasteiger partial charge >= 0.3 is 0 Å². The van der Waals surface area contributed by atoms with Gasteiger partial charge < -0.3 is 9.64 Å². The van der Waals surface area contributed by atoms with E-state index in [4.69, 9.17) is 4.74 Å². The minimum Gasteiger partial charge on any atom is -0.457 e. The molecule has 2 aromatic carbocycles. The Morgan fingerprint density at radius 3 is 1.78 bits per heavy atom. The molecule has 0 aliphatic carbocycles. The van der Waals surface area contributed by atoms with Crippen molar-refractivity contribution in [2.45, 2.75) is 13.3 Å². The van der Waals surface area contributed by atoms with Crippen LogP contribution < -0.4 is 9.64 Å². The van der Waals surface area contributed by atoms with Crippen molar-refractivity contribution >= 4 is 5.69 Å². The third-order valence-electron chi connectivity index (χ3n) is 2.92. The molecule has 0 heterocycles. The van der Waals surface area contributed by atoms with E-state index >= 15 is 0 Å². The quantitative estimate of drug-likeness (QED) is 0.798. The van der Waals surface area contributed by atoms with Gasteiger partial charge in [-0.3, -0.25) is 0 Å². The fraction of sp³-hybridized carbons (Fsp3) is 0.250. The third-order valence-corrected chi connectivity index (χ3v) is 2.92. The highest BCUT2D eigenvalue weighted by Crippen LogP contribution is 2.24. The first kappa shape index (κ1) is 12.5. The summed E-state index contributed by atoms with van der Waals surface area (Å²) in [5, 5.41) is 0. The van der Waals surface area contributed by atoms with E-state index in [2.05, 4.69) is 36.1 Å². The predicted molar refractivity (Wildman–Crippen MR) is 76.7 cm³/mol. The van der Waals surface area contributed by atoms with Crippen LogP contribution in [0.2, 0.25) is 0 Å². The molecule has 0 bridgehead atoms. The second-order valence-corrected chi connectivity index (χ2v) is 4.49. The standard InChI is InChI=1S/C16H19NO/c1-4-13-5-9-15(10-6-13)18-16-11-7-14(8-12-16)17(2)3/h5-12H,4H2,1-3H3. The van der Waals surface area contributed by atoms with Crippen LogP contribution in [-0.4, -0.2) is 14.1 Å². The van der Waals surface area contributed by atoms with Crippen LogP contribution in [0.15, 0.2) is 48.5 Å². The third kappa shape index (κ3) is 3.04. The number of hydrogen-bond acceptors (Lipinski definition) is 2. The van der Waals surface area contributed by atoms with Gasteiger partial charge in [0, 0.05) is 19.8 Å². The zero-order valence-corrected chi connectivity index (χ0v) is 11.2. The van der Waals surface area contributed by atoms with Gasteiger partial charge in [-0.05, 0) is 48.4 Å². The van der Waals surface area contributed by atoms with Crippen molar-refractivity contribution in [2.75, 3.05) is 19.0 Å². The molecule has 2 nitrogen and oxygen atoms in total. The van der Waals surface area contributed by atoms with Crippen LogP contribution in [0.1, 0.15) is 12.5 Å². The van der Waals surface area contributed by atoms with E-state index in [1.807, 2.05) is 38.4 Å². The Hall–Kier alpha value is -1.96.